The predicted molar refractivity (Wildman–Crippen MR) is 102 cm³/mol. The summed E-state index contributed by atoms with van der Waals surface area (Å²) in [6.07, 6.45) is 0.292. The lowest BCUT2D eigenvalue weighted by Crippen LogP contribution is -2.46. The van der Waals surface area contributed by atoms with Gasteiger partial charge in [-0.2, -0.15) is 0 Å². The number of aromatic carboxylic acids is 1. The molecule has 1 heterocycles. The van der Waals surface area contributed by atoms with Crippen molar-refractivity contribution < 1.29 is 23.9 Å². The molecule has 142 valence electrons. The SMILES string of the molecule is Cc1ccc(C(=O)[C@@H](NC(=O)c2ccco2)Nc2ccc(C(=O)O)cc2)cc1. The molecule has 1 aromatic heterocycles. The zero-order chi connectivity index (χ0) is 20.1. The molecule has 2 aromatic carbocycles. The number of anilines is 1. The van der Waals surface area contributed by atoms with Crippen molar-refractivity contribution in [3.63, 3.8) is 0 Å². The molecule has 7 nitrogen and oxygen atoms in total. The maximum Gasteiger partial charge on any atom is 0.335 e. The van der Waals surface area contributed by atoms with Gasteiger partial charge in [-0.25, -0.2) is 4.79 Å². The van der Waals surface area contributed by atoms with Crippen molar-refractivity contribution in [1.82, 2.24) is 5.32 Å². The lowest BCUT2D eigenvalue weighted by atomic mass is 10.1. The highest BCUT2D eigenvalue weighted by atomic mass is 16.4. The van der Waals surface area contributed by atoms with Crippen LogP contribution in [0, 0.1) is 6.92 Å². The van der Waals surface area contributed by atoms with Gasteiger partial charge in [0.25, 0.3) is 5.91 Å². The second kappa shape index (κ2) is 8.22. The van der Waals surface area contributed by atoms with E-state index in [2.05, 4.69) is 10.6 Å². The Balaban J connectivity index is 1.84. The second-order valence-electron chi connectivity index (χ2n) is 6.14. The molecule has 3 aromatic rings. The summed E-state index contributed by atoms with van der Waals surface area (Å²) in [7, 11) is 0. The third-order valence-corrected chi connectivity index (χ3v) is 4.06. The van der Waals surface area contributed by atoms with Crippen molar-refractivity contribution in [2.24, 2.45) is 0 Å². The number of nitrogens with one attached hydrogen (secondary N) is 2. The molecule has 28 heavy (non-hydrogen) atoms. The molecule has 0 spiro atoms. The topological polar surface area (TPSA) is 109 Å². The number of rotatable bonds is 7. The van der Waals surface area contributed by atoms with Crippen LogP contribution in [0.5, 0.6) is 0 Å². The van der Waals surface area contributed by atoms with E-state index in [0.717, 1.165) is 5.56 Å². The number of carbonyl (C=O) groups is 3. The minimum Gasteiger partial charge on any atom is -0.478 e. The third-order valence-electron chi connectivity index (χ3n) is 4.06. The van der Waals surface area contributed by atoms with E-state index in [1.165, 1.54) is 36.6 Å². The van der Waals surface area contributed by atoms with Gasteiger partial charge >= 0.3 is 5.97 Å². The number of furan rings is 1. The van der Waals surface area contributed by atoms with Crippen molar-refractivity contribution in [2.45, 2.75) is 13.1 Å². The number of carbonyl (C=O) groups excluding carboxylic acids is 2. The van der Waals surface area contributed by atoms with Crippen molar-refractivity contribution in [3.05, 3.63) is 89.4 Å². The Morgan fingerprint density at radius 3 is 2.14 bits per heavy atom. The van der Waals surface area contributed by atoms with E-state index in [4.69, 9.17) is 9.52 Å². The largest absolute Gasteiger partial charge is 0.478 e. The molecule has 0 aliphatic heterocycles. The molecule has 0 saturated carbocycles. The van der Waals surface area contributed by atoms with Gasteiger partial charge in [-0.05, 0) is 43.3 Å². The van der Waals surface area contributed by atoms with Gasteiger partial charge in [0.05, 0.1) is 11.8 Å². The number of ketones is 1. The first kappa shape index (κ1) is 18.9. The third kappa shape index (κ3) is 4.45. The van der Waals surface area contributed by atoms with Crippen molar-refractivity contribution in [2.75, 3.05) is 5.32 Å². The van der Waals surface area contributed by atoms with Crippen LogP contribution in [-0.2, 0) is 0 Å². The lowest BCUT2D eigenvalue weighted by molar-refractivity contribution is 0.0696. The zero-order valence-corrected chi connectivity index (χ0v) is 15.0. The fraction of sp³-hybridized carbons (Fsp3) is 0.0952. The molecule has 0 bridgehead atoms. The van der Waals surface area contributed by atoms with Crippen LogP contribution < -0.4 is 10.6 Å². The number of Topliss-reactive ketones (excluding diaryl/α,β-unsaturated/α-hetero) is 1. The van der Waals surface area contributed by atoms with E-state index in [1.807, 2.05) is 6.92 Å². The number of hydrogen-bond acceptors (Lipinski definition) is 5. The van der Waals surface area contributed by atoms with Crippen molar-refractivity contribution in [3.8, 4) is 0 Å². The van der Waals surface area contributed by atoms with Crippen LogP contribution in [0.3, 0.4) is 0 Å². The molecular formula is C21H18N2O5. The monoisotopic (exact) mass is 378 g/mol. The van der Waals surface area contributed by atoms with Crippen LogP contribution in [0.15, 0.2) is 71.3 Å². The summed E-state index contributed by atoms with van der Waals surface area (Å²) in [4.78, 5) is 36.3. The predicted octanol–water partition coefficient (Wildman–Crippen LogP) is 3.34. The van der Waals surface area contributed by atoms with Crippen molar-refractivity contribution in [1.29, 1.82) is 0 Å². The zero-order valence-electron chi connectivity index (χ0n) is 15.0. The Hall–Kier alpha value is -3.87. The van der Waals surface area contributed by atoms with Crippen LogP contribution in [0.25, 0.3) is 0 Å². The van der Waals surface area contributed by atoms with Crippen LogP contribution in [0.2, 0.25) is 0 Å². The molecule has 0 fully saturated rings. The van der Waals surface area contributed by atoms with E-state index in [1.54, 1.807) is 30.3 Å². The van der Waals surface area contributed by atoms with Gasteiger partial charge in [-0.3, -0.25) is 9.59 Å². The molecule has 1 atom stereocenters. The minimum atomic E-state index is -1.07. The summed E-state index contributed by atoms with van der Waals surface area (Å²) < 4.78 is 5.07. The molecule has 3 N–H and O–H groups in total. The van der Waals surface area contributed by atoms with E-state index >= 15 is 0 Å². The van der Waals surface area contributed by atoms with E-state index in [0.29, 0.717) is 11.3 Å². The number of carboxylic acids is 1. The normalized spacial score (nSPS) is 11.5. The second-order valence-corrected chi connectivity index (χ2v) is 6.14. The Kier molecular flexibility index (Phi) is 5.55. The number of hydrogen-bond donors (Lipinski definition) is 3. The Labute approximate surface area is 161 Å². The number of carboxylic acid groups (broad SMARTS) is 1. The summed E-state index contributed by atoms with van der Waals surface area (Å²) in [6, 6.07) is 15.9. The molecular weight excluding hydrogens is 360 g/mol. The smallest absolute Gasteiger partial charge is 0.335 e. The average Bonchev–Trinajstić information content (AvgIpc) is 3.23. The van der Waals surface area contributed by atoms with Gasteiger partial charge in [0.15, 0.2) is 11.9 Å². The van der Waals surface area contributed by atoms with Crippen LogP contribution >= 0.6 is 0 Å². The standard InChI is InChI=1S/C21H18N2O5/c1-13-4-6-14(7-5-13)18(24)19(23-20(25)17-3-2-12-28-17)22-16-10-8-15(9-11-16)21(26)27/h2-12,19,22H,1H3,(H,23,25)(H,26,27)/t19-/m1/s1. The maximum absolute atomic E-state index is 12.9. The molecule has 3 rings (SSSR count). The van der Waals surface area contributed by atoms with Gasteiger partial charge in [0.2, 0.25) is 5.78 Å². The van der Waals surface area contributed by atoms with Crippen molar-refractivity contribution >= 4 is 23.3 Å². The quantitative estimate of drug-likeness (QED) is 0.430. The number of benzene rings is 2. The van der Waals surface area contributed by atoms with Gasteiger partial charge < -0.3 is 20.2 Å². The highest BCUT2D eigenvalue weighted by Crippen LogP contribution is 2.14. The summed E-state index contributed by atoms with van der Waals surface area (Å²) in [6.45, 7) is 1.91. The fourth-order valence-corrected chi connectivity index (χ4v) is 2.54. The first-order valence-corrected chi connectivity index (χ1v) is 8.49. The molecule has 0 saturated heterocycles. The van der Waals surface area contributed by atoms with Gasteiger partial charge in [-0.15, -0.1) is 0 Å². The van der Waals surface area contributed by atoms with E-state index in [-0.39, 0.29) is 17.1 Å². The van der Waals surface area contributed by atoms with Gasteiger partial charge in [-0.1, -0.05) is 29.8 Å². The summed E-state index contributed by atoms with van der Waals surface area (Å²) in [5.74, 6) is -1.87. The first-order chi connectivity index (χ1) is 13.4. The van der Waals surface area contributed by atoms with Crippen LogP contribution in [-0.4, -0.2) is 28.9 Å². The fourth-order valence-electron chi connectivity index (χ4n) is 2.54. The molecule has 0 aliphatic carbocycles. The molecule has 0 unspecified atom stereocenters. The molecule has 0 aliphatic rings. The van der Waals surface area contributed by atoms with E-state index < -0.39 is 18.0 Å². The minimum absolute atomic E-state index is 0.0738. The van der Waals surface area contributed by atoms with Crippen LogP contribution in [0.4, 0.5) is 5.69 Å². The lowest BCUT2D eigenvalue weighted by Gasteiger charge is -2.20. The van der Waals surface area contributed by atoms with Gasteiger partial charge in [0.1, 0.15) is 0 Å². The Bertz CT molecular complexity index is 977. The summed E-state index contributed by atoms with van der Waals surface area (Å²) in [5.41, 5.74) is 2.02. The molecule has 1 amide bonds. The molecule has 0 radical (unpaired) electrons. The first-order valence-electron chi connectivity index (χ1n) is 8.49. The van der Waals surface area contributed by atoms with Crippen LogP contribution in [0.1, 0.15) is 36.8 Å². The Morgan fingerprint density at radius 1 is 0.929 bits per heavy atom. The maximum atomic E-state index is 12.9. The van der Waals surface area contributed by atoms with E-state index in [9.17, 15) is 14.4 Å². The number of aryl methyl sites for hydroxylation is 1. The summed E-state index contributed by atoms with van der Waals surface area (Å²) >= 11 is 0. The Morgan fingerprint density at radius 2 is 1.57 bits per heavy atom. The summed E-state index contributed by atoms with van der Waals surface area (Å²) in [5, 5.41) is 14.5. The van der Waals surface area contributed by atoms with Gasteiger partial charge in [0, 0.05) is 11.3 Å². The molecule has 7 heteroatoms. The highest BCUT2D eigenvalue weighted by Gasteiger charge is 2.24. The average molecular weight is 378 g/mol. The number of amides is 1. The highest BCUT2D eigenvalue weighted by molar-refractivity contribution is 6.04.